The van der Waals surface area contributed by atoms with E-state index in [1.807, 2.05) is 0 Å². The minimum Gasteiger partial charge on any atom is -0.479 e. The number of aliphatic hydroxyl groups excluding tert-OH is 1. The van der Waals surface area contributed by atoms with E-state index in [2.05, 4.69) is 5.73 Å². The monoisotopic (exact) mass is 148 g/mol. The summed E-state index contributed by atoms with van der Waals surface area (Å²) >= 11 is 0. The van der Waals surface area contributed by atoms with E-state index in [1.54, 1.807) is 0 Å². The molecule has 1 amide bonds. The predicted molar refractivity (Wildman–Crippen MR) is 30.8 cm³/mol. The standard InChI is InChI=1S/C4H8N2O4/c5-1(3(6)8)2(7)4(9)10/h1-2,7H,5H2,(H2,6,8)(H,9,10)/t1-,2-/m0/s1. The Labute approximate surface area is 56.4 Å². The number of nitrogens with two attached hydrogens (primary N) is 2. The van der Waals surface area contributed by atoms with Crippen molar-refractivity contribution in [2.24, 2.45) is 11.5 Å². The fourth-order valence-electron chi connectivity index (χ4n) is 0.309. The number of hydrogen-bond donors (Lipinski definition) is 4. The summed E-state index contributed by atoms with van der Waals surface area (Å²) in [7, 11) is 0. The molecule has 0 radical (unpaired) electrons. The summed E-state index contributed by atoms with van der Waals surface area (Å²) in [5.74, 6) is -2.61. The van der Waals surface area contributed by atoms with Gasteiger partial charge in [-0.1, -0.05) is 0 Å². The van der Waals surface area contributed by atoms with Gasteiger partial charge in [0.2, 0.25) is 5.91 Å². The van der Waals surface area contributed by atoms with E-state index in [0.717, 1.165) is 0 Å². The largest absolute Gasteiger partial charge is 0.479 e. The lowest BCUT2D eigenvalue weighted by atomic mass is 10.2. The molecule has 0 bridgehead atoms. The van der Waals surface area contributed by atoms with E-state index >= 15 is 0 Å². The molecule has 0 saturated carbocycles. The normalized spacial score (nSPS) is 15.8. The highest BCUT2D eigenvalue weighted by Crippen LogP contribution is 1.88. The third-order valence-electron chi connectivity index (χ3n) is 0.922. The fourth-order valence-corrected chi connectivity index (χ4v) is 0.309. The van der Waals surface area contributed by atoms with Gasteiger partial charge in [-0.05, 0) is 0 Å². The number of carboxylic acid groups (broad SMARTS) is 1. The second-order valence-electron chi connectivity index (χ2n) is 1.71. The number of primary amides is 1. The van der Waals surface area contributed by atoms with Crippen LogP contribution in [0.1, 0.15) is 0 Å². The summed E-state index contributed by atoms with van der Waals surface area (Å²) in [5.41, 5.74) is 9.44. The molecule has 58 valence electrons. The summed E-state index contributed by atoms with van der Waals surface area (Å²) in [6.07, 6.45) is -1.92. The van der Waals surface area contributed by atoms with E-state index < -0.39 is 24.0 Å². The predicted octanol–water partition coefficient (Wildman–Crippen LogP) is -2.76. The van der Waals surface area contributed by atoms with Crippen molar-refractivity contribution in [3.05, 3.63) is 0 Å². The average Bonchev–Trinajstić information content (AvgIpc) is 1.84. The molecule has 6 N–H and O–H groups in total. The first kappa shape index (κ1) is 8.86. The summed E-state index contributed by atoms with van der Waals surface area (Å²) in [6, 6.07) is -1.54. The minimum absolute atomic E-state index is 1.05. The van der Waals surface area contributed by atoms with Crippen LogP contribution in [0.15, 0.2) is 0 Å². The maximum atomic E-state index is 10.1. The van der Waals surface area contributed by atoms with Crippen LogP contribution in [-0.2, 0) is 9.59 Å². The molecule has 6 nitrogen and oxygen atoms in total. The van der Waals surface area contributed by atoms with Crippen LogP contribution in [-0.4, -0.2) is 34.2 Å². The molecule has 0 aliphatic heterocycles. The van der Waals surface area contributed by atoms with E-state index in [0.29, 0.717) is 0 Å². The van der Waals surface area contributed by atoms with Gasteiger partial charge >= 0.3 is 5.97 Å². The third-order valence-corrected chi connectivity index (χ3v) is 0.922. The van der Waals surface area contributed by atoms with Gasteiger partial charge in [0.15, 0.2) is 6.10 Å². The summed E-state index contributed by atoms with van der Waals surface area (Å²) < 4.78 is 0. The van der Waals surface area contributed by atoms with Crippen molar-refractivity contribution < 1.29 is 19.8 Å². The zero-order valence-electron chi connectivity index (χ0n) is 5.02. The van der Waals surface area contributed by atoms with Crippen molar-refractivity contribution in [3.8, 4) is 0 Å². The number of amides is 1. The van der Waals surface area contributed by atoms with E-state index in [9.17, 15) is 9.59 Å². The highest BCUT2D eigenvalue weighted by atomic mass is 16.4. The van der Waals surface area contributed by atoms with Crippen molar-refractivity contribution in [1.82, 2.24) is 0 Å². The topological polar surface area (TPSA) is 127 Å². The second-order valence-corrected chi connectivity index (χ2v) is 1.71. The highest BCUT2D eigenvalue weighted by Gasteiger charge is 2.26. The molecule has 10 heavy (non-hydrogen) atoms. The van der Waals surface area contributed by atoms with E-state index in [4.69, 9.17) is 15.9 Å². The van der Waals surface area contributed by atoms with Gasteiger partial charge in [-0.3, -0.25) is 4.79 Å². The van der Waals surface area contributed by atoms with Crippen molar-refractivity contribution in [2.75, 3.05) is 0 Å². The average molecular weight is 148 g/mol. The van der Waals surface area contributed by atoms with Crippen LogP contribution < -0.4 is 11.5 Å². The Morgan fingerprint density at radius 2 is 1.80 bits per heavy atom. The van der Waals surface area contributed by atoms with Crippen LogP contribution in [0.3, 0.4) is 0 Å². The summed E-state index contributed by atoms with van der Waals surface area (Å²) in [5, 5.41) is 16.6. The molecule has 2 atom stereocenters. The van der Waals surface area contributed by atoms with Crippen LogP contribution in [0.25, 0.3) is 0 Å². The van der Waals surface area contributed by atoms with Gasteiger partial charge in [-0.2, -0.15) is 0 Å². The zero-order valence-corrected chi connectivity index (χ0v) is 5.02. The Kier molecular flexibility index (Phi) is 2.78. The number of aliphatic carboxylic acids is 1. The van der Waals surface area contributed by atoms with Gasteiger partial charge in [0.1, 0.15) is 6.04 Å². The number of carbonyl (C=O) groups excluding carboxylic acids is 1. The highest BCUT2D eigenvalue weighted by molar-refractivity contribution is 5.87. The van der Waals surface area contributed by atoms with Crippen LogP contribution in [0.2, 0.25) is 0 Å². The molecule has 0 fully saturated rings. The lowest BCUT2D eigenvalue weighted by Crippen LogP contribution is -2.49. The van der Waals surface area contributed by atoms with Crippen LogP contribution in [0.5, 0.6) is 0 Å². The number of aliphatic hydroxyl groups is 1. The molecule has 0 aromatic heterocycles. The number of hydrogen-bond acceptors (Lipinski definition) is 4. The van der Waals surface area contributed by atoms with Crippen LogP contribution >= 0.6 is 0 Å². The Hall–Kier alpha value is -1.14. The van der Waals surface area contributed by atoms with E-state index in [-0.39, 0.29) is 0 Å². The zero-order chi connectivity index (χ0) is 8.31. The van der Waals surface area contributed by atoms with Crippen molar-refractivity contribution in [1.29, 1.82) is 0 Å². The maximum Gasteiger partial charge on any atom is 0.334 e. The van der Waals surface area contributed by atoms with Gasteiger partial charge in [0.05, 0.1) is 0 Å². The number of carboxylic acids is 1. The fraction of sp³-hybridized carbons (Fsp3) is 0.500. The SMILES string of the molecule is NC(=O)[C@@H](N)[C@H](O)C(=O)O. The molecule has 0 saturated heterocycles. The Balaban J connectivity index is 4.07. The Morgan fingerprint density at radius 1 is 1.40 bits per heavy atom. The van der Waals surface area contributed by atoms with Crippen molar-refractivity contribution >= 4 is 11.9 Å². The molecule has 0 heterocycles. The molecule has 0 rings (SSSR count). The molecule has 6 heteroatoms. The third kappa shape index (κ3) is 2.00. The van der Waals surface area contributed by atoms with Gasteiger partial charge < -0.3 is 21.7 Å². The number of rotatable bonds is 3. The molecule has 0 aromatic rings. The van der Waals surface area contributed by atoms with Crippen molar-refractivity contribution in [2.45, 2.75) is 12.1 Å². The summed E-state index contributed by atoms with van der Waals surface area (Å²) in [4.78, 5) is 20.0. The van der Waals surface area contributed by atoms with Gasteiger partial charge in [-0.15, -0.1) is 0 Å². The second kappa shape index (κ2) is 3.14. The Bertz CT molecular complexity index is 139. The first-order chi connectivity index (χ1) is 4.46. The van der Waals surface area contributed by atoms with Gasteiger partial charge in [0, 0.05) is 0 Å². The van der Waals surface area contributed by atoms with Gasteiger partial charge in [-0.25, -0.2) is 4.79 Å². The molecular formula is C4H8N2O4. The summed E-state index contributed by atoms with van der Waals surface area (Å²) in [6.45, 7) is 0. The quantitative estimate of drug-likeness (QED) is 0.345. The molecule has 0 aromatic carbocycles. The first-order valence-electron chi connectivity index (χ1n) is 2.42. The lowest BCUT2D eigenvalue weighted by Gasteiger charge is -2.09. The maximum absolute atomic E-state index is 10.1. The van der Waals surface area contributed by atoms with E-state index in [1.165, 1.54) is 0 Å². The molecule has 0 aliphatic rings. The van der Waals surface area contributed by atoms with Gasteiger partial charge in [0.25, 0.3) is 0 Å². The molecule has 0 spiro atoms. The first-order valence-corrected chi connectivity index (χ1v) is 2.42. The Morgan fingerprint density at radius 3 is 1.90 bits per heavy atom. The van der Waals surface area contributed by atoms with Crippen LogP contribution in [0, 0.1) is 0 Å². The lowest BCUT2D eigenvalue weighted by molar-refractivity contribution is -0.149. The smallest absolute Gasteiger partial charge is 0.334 e. The molecular weight excluding hydrogens is 140 g/mol. The minimum atomic E-state index is -1.92. The molecule has 0 aliphatic carbocycles. The number of carbonyl (C=O) groups is 2. The van der Waals surface area contributed by atoms with Crippen molar-refractivity contribution in [3.63, 3.8) is 0 Å². The van der Waals surface area contributed by atoms with Crippen LogP contribution in [0.4, 0.5) is 0 Å². The molecule has 0 unspecified atom stereocenters.